The SMILES string of the molecule is COc1ccc(S(=O)(=O)N2C(=O)C(c3ccccc3OC)(N3CCCC[C@H]3C(=O)O)c3cc(Cl)ccc32)c(OC(F)(F)F)c1. The number of carbonyl (C=O) groups is 2. The van der Waals surface area contributed by atoms with Crippen molar-refractivity contribution in [2.45, 2.75) is 42.1 Å². The molecule has 234 valence electrons. The van der Waals surface area contributed by atoms with E-state index in [-0.39, 0.29) is 46.3 Å². The molecule has 44 heavy (non-hydrogen) atoms. The van der Waals surface area contributed by atoms with Crippen molar-refractivity contribution in [1.82, 2.24) is 4.90 Å². The van der Waals surface area contributed by atoms with Gasteiger partial charge in [-0.3, -0.25) is 14.5 Å². The molecule has 10 nitrogen and oxygen atoms in total. The van der Waals surface area contributed by atoms with Gasteiger partial charge in [-0.25, -0.2) is 12.7 Å². The number of benzene rings is 3. The molecule has 0 aromatic heterocycles. The fourth-order valence-corrected chi connectivity index (χ4v) is 7.67. The molecule has 0 spiro atoms. The Kier molecular flexibility index (Phi) is 8.20. The van der Waals surface area contributed by atoms with Crippen LogP contribution in [0.4, 0.5) is 18.9 Å². The van der Waals surface area contributed by atoms with Crippen LogP contribution in [0.25, 0.3) is 0 Å². The first-order chi connectivity index (χ1) is 20.8. The fourth-order valence-electron chi connectivity index (χ4n) is 5.94. The van der Waals surface area contributed by atoms with Crippen LogP contribution in [0.3, 0.4) is 0 Å². The number of carboxylic acid groups (broad SMARTS) is 1. The summed E-state index contributed by atoms with van der Waals surface area (Å²) < 4.78 is 84.1. The molecule has 3 aromatic carbocycles. The van der Waals surface area contributed by atoms with Gasteiger partial charge in [0.2, 0.25) is 0 Å². The Labute approximate surface area is 255 Å². The number of carbonyl (C=O) groups excluding carboxylic acids is 1. The zero-order chi connectivity index (χ0) is 32.0. The number of halogens is 4. The molecule has 5 rings (SSSR count). The van der Waals surface area contributed by atoms with Crippen molar-refractivity contribution < 1.29 is 50.5 Å². The van der Waals surface area contributed by atoms with Gasteiger partial charge in [-0.2, -0.15) is 0 Å². The lowest BCUT2D eigenvalue weighted by Gasteiger charge is -2.46. The van der Waals surface area contributed by atoms with E-state index >= 15 is 0 Å². The summed E-state index contributed by atoms with van der Waals surface area (Å²) in [6.45, 7) is 0.0611. The number of rotatable bonds is 8. The number of alkyl halides is 3. The van der Waals surface area contributed by atoms with Crippen molar-refractivity contribution in [2.75, 3.05) is 25.1 Å². The van der Waals surface area contributed by atoms with E-state index in [1.165, 1.54) is 49.5 Å². The maximum atomic E-state index is 15.0. The minimum Gasteiger partial charge on any atom is -0.497 e. The number of hydrogen-bond acceptors (Lipinski definition) is 8. The van der Waals surface area contributed by atoms with Gasteiger partial charge in [-0.15, -0.1) is 13.2 Å². The van der Waals surface area contributed by atoms with Gasteiger partial charge in [-0.05, 0) is 49.2 Å². The molecule has 2 aliphatic rings. The Hall–Kier alpha value is -4.01. The number of para-hydroxylation sites is 1. The summed E-state index contributed by atoms with van der Waals surface area (Å²) in [6, 6.07) is 11.6. The number of hydrogen-bond donors (Lipinski definition) is 1. The van der Waals surface area contributed by atoms with Gasteiger partial charge in [0.1, 0.15) is 22.4 Å². The number of piperidine rings is 1. The third kappa shape index (κ3) is 5.10. The molecule has 0 bridgehead atoms. The van der Waals surface area contributed by atoms with Crippen LogP contribution in [-0.4, -0.2) is 63.5 Å². The summed E-state index contributed by atoms with van der Waals surface area (Å²) in [5.41, 5.74) is -2.21. The molecule has 0 aliphatic carbocycles. The highest BCUT2D eigenvalue weighted by Gasteiger charge is 2.62. The predicted octanol–water partition coefficient (Wildman–Crippen LogP) is 5.17. The van der Waals surface area contributed by atoms with Crippen LogP contribution in [0.15, 0.2) is 65.6 Å². The van der Waals surface area contributed by atoms with Crippen molar-refractivity contribution in [3.63, 3.8) is 0 Å². The summed E-state index contributed by atoms with van der Waals surface area (Å²) in [5, 5.41) is 10.4. The van der Waals surface area contributed by atoms with E-state index in [0.717, 1.165) is 18.2 Å². The first-order valence-electron chi connectivity index (χ1n) is 13.2. The number of sulfonamides is 1. The third-order valence-corrected chi connectivity index (χ3v) is 9.64. The molecule has 2 heterocycles. The topological polar surface area (TPSA) is 123 Å². The predicted molar refractivity (Wildman–Crippen MR) is 152 cm³/mol. The number of amides is 1. The Morgan fingerprint density at radius 1 is 1.00 bits per heavy atom. The van der Waals surface area contributed by atoms with E-state index in [2.05, 4.69) is 4.74 Å². The van der Waals surface area contributed by atoms with Crippen molar-refractivity contribution in [1.29, 1.82) is 0 Å². The quantitative estimate of drug-likeness (QED) is 0.350. The number of methoxy groups -OCH3 is 2. The van der Waals surface area contributed by atoms with Crippen LogP contribution < -0.4 is 18.5 Å². The normalized spacial score (nSPS) is 20.7. The highest BCUT2D eigenvalue weighted by Crippen LogP contribution is 2.55. The molecule has 1 fully saturated rings. The number of carboxylic acids is 1. The Morgan fingerprint density at radius 3 is 2.39 bits per heavy atom. The first kappa shape index (κ1) is 31.4. The Balaban J connectivity index is 1.85. The number of fused-ring (bicyclic) bond motifs is 1. The number of ether oxygens (including phenoxy) is 3. The molecule has 0 radical (unpaired) electrons. The fraction of sp³-hybridized carbons (Fsp3) is 0.310. The second-order valence-corrected chi connectivity index (χ2v) is 12.2. The molecule has 15 heteroatoms. The summed E-state index contributed by atoms with van der Waals surface area (Å²) in [4.78, 5) is 28.0. The maximum Gasteiger partial charge on any atom is 0.573 e. The van der Waals surface area contributed by atoms with Crippen LogP contribution in [0.1, 0.15) is 30.4 Å². The van der Waals surface area contributed by atoms with Crippen molar-refractivity contribution in [3.8, 4) is 17.2 Å². The number of anilines is 1. The molecular formula is C29H26ClF3N2O8S. The Morgan fingerprint density at radius 2 is 1.73 bits per heavy atom. The van der Waals surface area contributed by atoms with Crippen LogP contribution in [0.2, 0.25) is 5.02 Å². The molecule has 1 amide bonds. The van der Waals surface area contributed by atoms with Crippen molar-refractivity contribution in [2.24, 2.45) is 0 Å². The average Bonchev–Trinajstić information content (AvgIpc) is 3.24. The van der Waals surface area contributed by atoms with Gasteiger partial charge >= 0.3 is 12.3 Å². The maximum absolute atomic E-state index is 15.0. The van der Waals surface area contributed by atoms with Gasteiger partial charge in [0.25, 0.3) is 15.9 Å². The van der Waals surface area contributed by atoms with E-state index < -0.39 is 50.5 Å². The van der Waals surface area contributed by atoms with Crippen LogP contribution >= 0.6 is 11.6 Å². The molecule has 0 saturated carbocycles. The molecular weight excluding hydrogens is 629 g/mol. The van der Waals surface area contributed by atoms with E-state index in [0.29, 0.717) is 17.1 Å². The first-order valence-corrected chi connectivity index (χ1v) is 15.1. The van der Waals surface area contributed by atoms with Gasteiger partial charge in [0.05, 0.1) is 19.9 Å². The van der Waals surface area contributed by atoms with Crippen molar-refractivity contribution >= 4 is 39.2 Å². The summed E-state index contributed by atoms with van der Waals surface area (Å²) >= 11 is 6.40. The summed E-state index contributed by atoms with van der Waals surface area (Å²) in [6.07, 6.45) is -4.15. The third-order valence-electron chi connectivity index (χ3n) is 7.67. The highest BCUT2D eigenvalue weighted by atomic mass is 35.5. The second kappa shape index (κ2) is 11.5. The standard InChI is InChI=1S/C29H26ClF3N2O8S/c1-41-18-11-13-25(24(16-18)43-29(31,32)33)44(39,40)35-21-12-10-17(30)15-20(21)28(27(35)38,19-7-3-4-9-23(19)42-2)34-14-6-5-8-22(34)26(36)37/h3-4,7,9-13,15-16,22H,5-6,8,14H2,1-2H3,(H,36,37)/t22-,28?/m0/s1. The summed E-state index contributed by atoms with van der Waals surface area (Å²) in [7, 11) is -2.67. The van der Waals surface area contributed by atoms with Gasteiger partial charge in [-0.1, -0.05) is 36.2 Å². The zero-order valence-corrected chi connectivity index (χ0v) is 24.9. The average molecular weight is 655 g/mol. The van der Waals surface area contributed by atoms with Gasteiger partial charge in [0, 0.05) is 28.8 Å². The smallest absolute Gasteiger partial charge is 0.497 e. The lowest BCUT2D eigenvalue weighted by Crippen LogP contribution is -2.61. The minimum atomic E-state index is -5.29. The zero-order valence-electron chi connectivity index (χ0n) is 23.3. The largest absolute Gasteiger partial charge is 0.573 e. The van der Waals surface area contributed by atoms with Crippen molar-refractivity contribution in [3.05, 3.63) is 76.8 Å². The monoisotopic (exact) mass is 654 g/mol. The second-order valence-electron chi connectivity index (χ2n) is 10.1. The highest BCUT2D eigenvalue weighted by molar-refractivity contribution is 7.93. The Bertz CT molecular complexity index is 1740. The van der Waals surface area contributed by atoms with Crippen LogP contribution in [0, 0.1) is 0 Å². The number of nitrogens with zero attached hydrogens (tertiary/aromatic N) is 2. The van der Waals surface area contributed by atoms with Crippen LogP contribution in [0.5, 0.6) is 17.2 Å². The molecule has 3 aromatic rings. The minimum absolute atomic E-state index is 0.0167. The number of aliphatic carboxylic acids is 1. The lowest BCUT2D eigenvalue weighted by molar-refractivity contribution is -0.275. The molecule has 2 atom stereocenters. The van der Waals surface area contributed by atoms with E-state index in [4.69, 9.17) is 21.1 Å². The molecule has 1 N–H and O–H groups in total. The molecule has 1 saturated heterocycles. The number of likely N-dealkylation sites (tertiary alicyclic amines) is 1. The van der Waals surface area contributed by atoms with Gasteiger partial charge < -0.3 is 19.3 Å². The summed E-state index contributed by atoms with van der Waals surface area (Å²) in [5.74, 6) is -3.51. The molecule has 1 unspecified atom stereocenters. The van der Waals surface area contributed by atoms with E-state index in [9.17, 15) is 36.3 Å². The lowest BCUT2D eigenvalue weighted by atomic mass is 9.79. The van der Waals surface area contributed by atoms with E-state index in [1.54, 1.807) is 12.1 Å². The van der Waals surface area contributed by atoms with Gasteiger partial charge in [0.15, 0.2) is 11.3 Å². The van der Waals surface area contributed by atoms with Crippen LogP contribution in [-0.2, 0) is 25.2 Å². The van der Waals surface area contributed by atoms with E-state index in [1.807, 2.05) is 0 Å². The molecule has 2 aliphatic heterocycles.